The lowest BCUT2D eigenvalue weighted by atomic mass is 9.78. The Bertz CT molecular complexity index is 749. The number of carbonyl (C=O) groups is 1. The fourth-order valence-electron chi connectivity index (χ4n) is 5.17. The second-order valence-corrected chi connectivity index (χ2v) is 8.56. The minimum Gasteiger partial charge on any atom is -0.406 e. The summed E-state index contributed by atoms with van der Waals surface area (Å²) in [5.74, 6) is -0.0685. The molecule has 0 bridgehead atoms. The van der Waals surface area contributed by atoms with Gasteiger partial charge >= 0.3 is 6.36 Å². The number of amides is 1. The van der Waals surface area contributed by atoms with Gasteiger partial charge in [-0.15, -0.1) is 13.2 Å². The molecule has 0 radical (unpaired) electrons. The van der Waals surface area contributed by atoms with Crippen molar-refractivity contribution in [2.24, 2.45) is 5.41 Å². The quantitative estimate of drug-likeness (QED) is 0.823. The van der Waals surface area contributed by atoms with Crippen molar-refractivity contribution < 1.29 is 27.8 Å². The highest BCUT2D eigenvalue weighted by Crippen LogP contribution is 2.43. The highest BCUT2D eigenvalue weighted by atomic mass is 19.4. The third kappa shape index (κ3) is 4.32. The zero-order chi connectivity index (χ0) is 20.6. The van der Waals surface area contributed by atoms with E-state index in [0.29, 0.717) is 18.8 Å². The number of nitrogens with zero attached hydrogens (tertiary/aromatic N) is 2. The zero-order valence-electron chi connectivity index (χ0n) is 16.3. The van der Waals surface area contributed by atoms with Gasteiger partial charge in [0.25, 0.3) is 0 Å². The monoisotopic (exact) mass is 412 g/mol. The third-order valence-electron chi connectivity index (χ3n) is 6.65. The summed E-state index contributed by atoms with van der Waals surface area (Å²) < 4.78 is 41.7. The van der Waals surface area contributed by atoms with E-state index in [2.05, 4.69) is 4.74 Å². The van der Waals surface area contributed by atoms with Gasteiger partial charge in [0, 0.05) is 37.4 Å². The number of rotatable bonds is 3. The SMILES string of the molecule is O=C1N([C@H]2CC[C@H](O)CC2)CC[C@]12CCCN(c1cccc(OC(F)(F)F)c1)C2. The van der Waals surface area contributed by atoms with Crippen molar-refractivity contribution in [3.8, 4) is 5.75 Å². The number of halogens is 3. The number of aliphatic hydroxyl groups is 1. The molecule has 160 valence electrons. The van der Waals surface area contributed by atoms with E-state index in [1.165, 1.54) is 12.1 Å². The Balaban J connectivity index is 1.47. The molecule has 5 nitrogen and oxygen atoms in total. The molecule has 1 amide bonds. The molecule has 3 aliphatic rings. The predicted octanol–water partition coefficient (Wildman–Crippen LogP) is 3.71. The Kier molecular flexibility index (Phi) is 5.40. The average Bonchev–Trinajstić information content (AvgIpc) is 2.97. The van der Waals surface area contributed by atoms with Gasteiger partial charge in [-0.25, -0.2) is 0 Å². The second kappa shape index (κ2) is 7.70. The first-order chi connectivity index (χ1) is 13.8. The van der Waals surface area contributed by atoms with Gasteiger partial charge in [-0.05, 0) is 57.1 Å². The van der Waals surface area contributed by atoms with Crippen LogP contribution in [0.3, 0.4) is 0 Å². The number of alkyl halides is 3. The summed E-state index contributed by atoms with van der Waals surface area (Å²) in [7, 11) is 0. The summed E-state index contributed by atoms with van der Waals surface area (Å²) in [5, 5.41) is 9.74. The molecule has 1 saturated carbocycles. The highest BCUT2D eigenvalue weighted by molar-refractivity contribution is 5.86. The molecule has 2 heterocycles. The molecule has 2 saturated heterocycles. The van der Waals surface area contributed by atoms with Crippen molar-refractivity contribution in [1.82, 2.24) is 4.90 Å². The van der Waals surface area contributed by atoms with E-state index in [4.69, 9.17) is 0 Å². The van der Waals surface area contributed by atoms with Crippen LogP contribution in [0.5, 0.6) is 5.75 Å². The van der Waals surface area contributed by atoms with E-state index in [1.807, 2.05) is 9.80 Å². The lowest BCUT2D eigenvalue weighted by molar-refractivity contribution is -0.274. The van der Waals surface area contributed by atoms with Crippen molar-refractivity contribution in [3.63, 3.8) is 0 Å². The van der Waals surface area contributed by atoms with Crippen LogP contribution in [0.25, 0.3) is 0 Å². The van der Waals surface area contributed by atoms with Crippen molar-refractivity contribution in [1.29, 1.82) is 0 Å². The highest BCUT2D eigenvalue weighted by Gasteiger charge is 2.50. The summed E-state index contributed by atoms with van der Waals surface area (Å²) >= 11 is 0. The van der Waals surface area contributed by atoms with E-state index < -0.39 is 11.8 Å². The summed E-state index contributed by atoms with van der Waals surface area (Å²) in [6, 6.07) is 6.20. The van der Waals surface area contributed by atoms with Gasteiger partial charge in [0.2, 0.25) is 5.91 Å². The van der Waals surface area contributed by atoms with E-state index >= 15 is 0 Å². The molecule has 1 aromatic carbocycles. The third-order valence-corrected chi connectivity index (χ3v) is 6.65. The Hall–Kier alpha value is -1.96. The number of anilines is 1. The van der Waals surface area contributed by atoms with Crippen LogP contribution >= 0.6 is 0 Å². The maximum atomic E-state index is 13.4. The van der Waals surface area contributed by atoms with E-state index in [9.17, 15) is 23.1 Å². The molecule has 1 aliphatic carbocycles. The van der Waals surface area contributed by atoms with Crippen LogP contribution in [0.15, 0.2) is 24.3 Å². The molecule has 1 aromatic rings. The number of hydrogen-bond donors (Lipinski definition) is 1. The number of piperidine rings is 1. The molecule has 29 heavy (non-hydrogen) atoms. The molecule has 4 rings (SSSR count). The van der Waals surface area contributed by atoms with Crippen LogP contribution in [0.4, 0.5) is 18.9 Å². The van der Waals surface area contributed by atoms with Gasteiger partial charge in [-0.1, -0.05) is 6.07 Å². The fourth-order valence-corrected chi connectivity index (χ4v) is 5.17. The van der Waals surface area contributed by atoms with Crippen LogP contribution in [0.2, 0.25) is 0 Å². The normalized spacial score (nSPS) is 30.8. The van der Waals surface area contributed by atoms with Crippen LogP contribution in [0, 0.1) is 5.41 Å². The van der Waals surface area contributed by atoms with E-state index in [0.717, 1.165) is 51.5 Å². The largest absolute Gasteiger partial charge is 0.573 e. The standard InChI is InChI=1S/C21H27F3N2O3/c22-21(23,24)29-18-4-1-3-16(13-18)25-11-2-9-20(14-25)10-12-26(19(20)28)15-5-7-17(27)8-6-15/h1,3-4,13,15,17,27H,2,5-12,14H2/t15-,17-,20-/m0/s1. The number of ether oxygens (including phenoxy) is 1. The maximum Gasteiger partial charge on any atom is 0.573 e. The van der Waals surface area contributed by atoms with Crippen LogP contribution in [-0.2, 0) is 4.79 Å². The molecule has 1 spiro atoms. The van der Waals surface area contributed by atoms with Crippen molar-refractivity contribution in [2.75, 3.05) is 24.5 Å². The van der Waals surface area contributed by atoms with Gasteiger partial charge in [0.15, 0.2) is 0 Å². The number of carbonyl (C=O) groups excluding carboxylic acids is 1. The molecule has 1 atom stereocenters. The summed E-state index contributed by atoms with van der Waals surface area (Å²) in [6.07, 6.45) is 0.582. The van der Waals surface area contributed by atoms with Gasteiger partial charge in [-0.2, -0.15) is 0 Å². The van der Waals surface area contributed by atoms with Crippen LogP contribution < -0.4 is 9.64 Å². The Morgan fingerprint density at radius 1 is 1.10 bits per heavy atom. The molecular weight excluding hydrogens is 385 g/mol. The molecule has 8 heteroatoms. The number of hydrogen-bond acceptors (Lipinski definition) is 4. The Morgan fingerprint density at radius 2 is 1.86 bits per heavy atom. The number of likely N-dealkylation sites (tertiary alicyclic amines) is 1. The average molecular weight is 412 g/mol. The first kappa shape index (κ1) is 20.3. The Labute approximate surface area is 168 Å². The zero-order valence-corrected chi connectivity index (χ0v) is 16.3. The number of aliphatic hydroxyl groups excluding tert-OH is 1. The summed E-state index contributed by atoms with van der Waals surface area (Å²) in [4.78, 5) is 17.4. The smallest absolute Gasteiger partial charge is 0.406 e. The molecule has 2 aliphatic heterocycles. The van der Waals surface area contributed by atoms with Gasteiger partial charge < -0.3 is 19.6 Å². The first-order valence-electron chi connectivity index (χ1n) is 10.4. The van der Waals surface area contributed by atoms with E-state index in [-0.39, 0.29) is 23.8 Å². The lowest BCUT2D eigenvalue weighted by Gasteiger charge is -2.41. The second-order valence-electron chi connectivity index (χ2n) is 8.56. The van der Waals surface area contributed by atoms with Crippen LogP contribution in [0.1, 0.15) is 44.9 Å². The molecular formula is C21H27F3N2O3. The Morgan fingerprint density at radius 3 is 2.59 bits per heavy atom. The molecule has 1 N–H and O–H groups in total. The van der Waals surface area contributed by atoms with Crippen molar-refractivity contribution in [2.45, 2.75) is 63.5 Å². The molecule has 3 fully saturated rings. The maximum absolute atomic E-state index is 13.4. The van der Waals surface area contributed by atoms with Crippen molar-refractivity contribution >= 4 is 11.6 Å². The fraction of sp³-hybridized carbons (Fsp3) is 0.667. The van der Waals surface area contributed by atoms with Crippen molar-refractivity contribution in [3.05, 3.63) is 24.3 Å². The molecule has 0 aromatic heterocycles. The first-order valence-corrected chi connectivity index (χ1v) is 10.4. The van der Waals surface area contributed by atoms with Crippen LogP contribution in [-0.4, -0.2) is 54.1 Å². The minimum atomic E-state index is -4.72. The van der Waals surface area contributed by atoms with Gasteiger partial charge in [0.1, 0.15) is 5.75 Å². The van der Waals surface area contributed by atoms with E-state index in [1.54, 1.807) is 12.1 Å². The minimum absolute atomic E-state index is 0.172. The van der Waals surface area contributed by atoms with Gasteiger partial charge in [0.05, 0.1) is 11.5 Å². The number of benzene rings is 1. The van der Waals surface area contributed by atoms with Gasteiger partial charge in [-0.3, -0.25) is 4.79 Å². The summed E-state index contributed by atoms with van der Waals surface area (Å²) in [6.45, 7) is 1.96. The topological polar surface area (TPSA) is 53.0 Å². The summed E-state index contributed by atoms with van der Waals surface area (Å²) in [5.41, 5.74) is 0.188. The molecule has 0 unspecified atom stereocenters. The lowest BCUT2D eigenvalue weighted by Crippen LogP contribution is -2.50. The predicted molar refractivity (Wildman–Crippen MR) is 102 cm³/mol.